The maximum absolute atomic E-state index is 12.4. The van der Waals surface area contributed by atoms with E-state index in [2.05, 4.69) is 6.58 Å². The van der Waals surface area contributed by atoms with Crippen LogP contribution in [0.3, 0.4) is 0 Å². The molecule has 90 valence electrons. The quantitative estimate of drug-likeness (QED) is 0.585. The lowest BCUT2D eigenvalue weighted by molar-refractivity contribution is 0.0706. The zero-order valence-electron chi connectivity index (χ0n) is 9.95. The molecule has 0 fully saturated rings. The molecule has 2 aromatic carbocycles. The van der Waals surface area contributed by atoms with E-state index in [1.54, 1.807) is 12.1 Å². The average Bonchev–Trinajstić information content (AvgIpc) is 2.46. The largest absolute Gasteiger partial charge is 0.486 e. The zero-order valence-corrected chi connectivity index (χ0v) is 9.95. The van der Waals surface area contributed by atoms with Crippen LogP contribution in [0.15, 0.2) is 73.5 Å². The zero-order chi connectivity index (χ0) is 12.8. The first-order valence-electron chi connectivity index (χ1n) is 5.73. The first-order valence-corrected chi connectivity index (χ1v) is 5.73. The smallest absolute Gasteiger partial charge is 0.207 e. The van der Waals surface area contributed by atoms with Gasteiger partial charge in [0.15, 0.2) is 6.10 Å². The van der Waals surface area contributed by atoms with Gasteiger partial charge in [0.2, 0.25) is 5.78 Å². The average molecular weight is 238 g/mol. The van der Waals surface area contributed by atoms with Crippen molar-refractivity contribution in [2.24, 2.45) is 0 Å². The number of carbonyl (C=O) groups is 1. The minimum atomic E-state index is -0.633. The third-order valence-electron chi connectivity index (χ3n) is 2.63. The van der Waals surface area contributed by atoms with Crippen LogP contribution < -0.4 is 0 Å². The molecule has 0 aliphatic rings. The van der Waals surface area contributed by atoms with Gasteiger partial charge in [0.05, 0.1) is 6.26 Å². The Kier molecular flexibility index (Phi) is 3.92. The van der Waals surface area contributed by atoms with Gasteiger partial charge in [-0.2, -0.15) is 0 Å². The molecular weight excluding hydrogens is 224 g/mol. The monoisotopic (exact) mass is 238 g/mol. The van der Waals surface area contributed by atoms with Crippen LogP contribution in [-0.4, -0.2) is 5.78 Å². The van der Waals surface area contributed by atoms with Gasteiger partial charge < -0.3 is 4.74 Å². The lowest BCUT2D eigenvalue weighted by Crippen LogP contribution is -2.14. The Morgan fingerprint density at radius 1 is 1.00 bits per heavy atom. The summed E-state index contributed by atoms with van der Waals surface area (Å²) in [5.74, 6) is -0.0679. The summed E-state index contributed by atoms with van der Waals surface area (Å²) in [5, 5.41) is 0. The molecular formula is C16H14O2. The first-order chi connectivity index (χ1) is 8.83. The Labute approximate surface area is 107 Å². The number of hydrogen-bond acceptors (Lipinski definition) is 2. The van der Waals surface area contributed by atoms with Crippen molar-refractivity contribution in [3.63, 3.8) is 0 Å². The van der Waals surface area contributed by atoms with Crippen molar-refractivity contribution in [2.45, 2.75) is 6.10 Å². The van der Waals surface area contributed by atoms with E-state index in [9.17, 15) is 4.79 Å². The van der Waals surface area contributed by atoms with Crippen LogP contribution in [-0.2, 0) is 4.74 Å². The van der Waals surface area contributed by atoms with Crippen molar-refractivity contribution in [3.8, 4) is 0 Å². The van der Waals surface area contributed by atoms with Crippen molar-refractivity contribution in [1.29, 1.82) is 0 Å². The maximum Gasteiger partial charge on any atom is 0.207 e. The van der Waals surface area contributed by atoms with Crippen LogP contribution in [0.4, 0.5) is 0 Å². The Morgan fingerprint density at radius 3 is 2.11 bits per heavy atom. The van der Waals surface area contributed by atoms with Crippen LogP contribution >= 0.6 is 0 Å². The molecule has 0 bridgehead atoms. The van der Waals surface area contributed by atoms with E-state index in [0.29, 0.717) is 5.56 Å². The van der Waals surface area contributed by atoms with Crippen molar-refractivity contribution in [3.05, 3.63) is 84.6 Å². The molecule has 0 spiro atoms. The van der Waals surface area contributed by atoms with Crippen LogP contribution in [0.2, 0.25) is 0 Å². The highest BCUT2D eigenvalue weighted by atomic mass is 16.5. The molecule has 2 aromatic rings. The molecule has 0 aromatic heterocycles. The fraction of sp³-hybridized carbons (Fsp3) is 0.0625. The third-order valence-corrected chi connectivity index (χ3v) is 2.63. The van der Waals surface area contributed by atoms with Crippen LogP contribution in [0, 0.1) is 0 Å². The van der Waals surface area contributed by atoms with E-state index < -0.39 is 6.10 Å². The topological polar surface area (TPSA) is 26.3 Å². The van der Waals surface area contributed by atoms with Gasteiger partial charge in [-0.05, 0) is 0 Å². The van der Waals surface area contributed by atoms with Gasteiger partial charge in [-0.15, -0.1) is 0 Å². The Bertz CT molecular complexity index is 517. The summed E-state index contributed by atoms with van der Waals surface area (Å²) >= 11 is 0. The number of carbonyl (C=O) groups excluding carboxylic acids is 1. The second kappa shape index (κ2) is 5.82. The molecule has 0 N–H and O–H groups in total. The molecule has 0 saturated heterocycles. The molecule has 2 rings (SSSR count). The normalized spacial score (nSPS) is 11.6. The van der Waals surface area contributed by atoms with E-state index in [1.165, 1.54) is 6.26 Å². The summed E-state index contributed by atoms with van der Waals surface area (Å²) < 4.78 is 5.36. The van der Waals surface area contributed by atoms with Crippen molar-refractivity contribution in [2.75, 3.05) is 0 Å². The van der Waals surface area contributed by atoms with Gasteiger partial charge in [-0.25, -0.2) is 0 Å². The van der Waals surface area contributed by atoms with Gasteiger partial charge in [0, 0.05) is 11.1 Å². The Morgan fingerprint density at radius 2 is 1.56 bits per heavy atom. The van der Waals surface area contributed by atoms with Gasteiger partial charge in [0.1, 0.15) is 0 Å². The lowest BCUT2D eigenvalue weighted by Gasteiger charge is -2.15. The van der Waals surface area contributed by atoms with Crippen LogP contribution in [0.1, 0.15) is 22.0 Å². The number of rotatable bonds is 5. The first kappa shape index (κ1) is 12.1. The molecule has 0 saturated carbocycles. The predicted octanol–water partition coefficient (Wildman–Crippen LogP) is 3.77. The van der Waals surface area contributed by atoms with E-state index in [1.807, 2.05) is 48.5 Å². The van der Waals surface area contributed by atoms with Gasteiger partial charge in [0.25, 0.3) is 0 Å². The second-order valence-electron chi connectivity index (χ2n) is 3.82. The third kappa shape index (κ3) is 2.66. The SMILES string of the molecule is C=COC(C(=O)c1ccccc1)c1ccccc1. The Balaban J connectivity index is 2.32. The molecule has 1 unspecified atom stereocenters. The summed E-state index contributed by atoms with van der Waals surface area (Å²) in [4.78, 5) is 12.4. The fourth-order valence-corrected chi connectivity index (χ4v) is 1.77. The fourth-order valence-electron chi connectivity index (χ4n) is 1.77. The second-order valence-corrected chi connectivity index (χ2v) is 3.82. The number of benzene rings is 2. The van der Waals surface area contributed by atoms with Crippen LogP contribution in [0.25, 0.3) is 0 Å². The lowest BCUT2D eigenvalue weighted by atomic mass is 10.00. The Hall–Kier alpha value is -2.35. The molecule has 0 aliphatic carbocycles. The van der Waals surface area contributed by atoms with Gasteiger partial charge >= 0.3 is 0 Å². The molecule has 0 amide bonds. The van der Waals surface area contributed by atoms with E-state index in [4.69, 9.17) is 4.74 Å². The van der Waals surface area contributed by atoms with E-state index in [0.717, 1.165) is 5.56 Å². The number of ether oxygens (including phenoxy) is 1. The standard InChI is InChI=1S/C16H14O2/c1-2-18-16(14-11-7-4-8-12-14)15(17)13-9-5-3-6-10-13/h2-12,16H,1H2. The highest BCUT2D eigenvalue weighted by Gasteiger charge is 2.22. The number of Topliss-reactive ketones (excluding diaryl/α,β-unsaturated/α-hetero) is 1. The minimum Gasteiger partial charge on any atom is -0.486 e. The van der Waals surface area contributed by atoms with Crippen molar-refractivity contribution < 1.29 is 9.53 Å². The highest BCUT2D eigenvalue weighted by molar-refractivity contribution is 6.00. The molecule has 0 aliphatic heterocycles. The van der Waals surface area contributed by atoms with E-state index >= 15 is 0 Å². The van der Waals surface area contributed by atoms with Gasteiger partial charge in [-0.3, -0.25) is 4.79 Å². The van der Waals surface area contributed by atoms with E-state index in [-0.39, 0.29) is 5.78 Å². The summed E-state index contributed by atoms with van der Waals surface area (Å²) in [5.41, 5.74) is 1.46. The summed E-state index contributed by atoms with van der Waals surface area (Å²) in [6.45, 7) is 3.53. The van der Waals surface area contributed by atoms with Gasteiger partial charge in [-0.1, -0.05) is 67.2 Å². The molecule has 0 heterocycles. The molecule has 2 heteroatoms. The number of ketones is 1. The number of hydrogen-bond donors (Lipinski definition) is 0. The van der Waals surface area contributed by atoms with Crippen LogP contribution in [0.5, 0.6) is 0 Å². The summed E-state index contributed by atoms with van der Waals surface area (Å²) in [7, 11) is 0. The maximum atomic E-state index is 12.4. The minimum absolute atomic E-state index is 0.0679. The summed E-state index contributed by atoms with van der Waals surface area (Å²) in [6.07, 6.45) is 0.671. The highest BCUT2D eigenvalue weighted by Crippen LogP contribution is 2.22. The van der Waals surface area contributed by atoms with Crippen molar-refractivity contribution >= 4 is 5.78 Å². The predicted molar refractivity (Wildman–Crippen MR) is 71.2 cm³/mol. The molecule has 2 nitrogen and oxygen atoms in total. The molecule has 1 atom stereocenters. The molecule has 18 heavy (non-hydrogen) atoms. The molecule has 0 radical (unpaired) electrons. The van der Waals surface area contributed by atoms with Crippen molar-refractivity contribution in [1.82, 2.24) is 0 Å². The summed E-state index contributed by atoms with van der Waals surface area (Å²) in [6, 6.07) is 18.5.